The first-order valence-electron chi connectivity index (χ1n) is 11.6. The van der Waals surface area contributed by atoms with E-state index in [-0.39, 0.29) is 24.3 Å². The fourth-order valence-electron chi connectivity index (χ4n) is 4.41. The van der Waals surface area contributed by atoms with Gasteiger partial charge in [0.1, 0.15) is 5.75 Å². The number of ether oxygens (including phenoxy) is 2. The van der Waals surface area contributed by atoms with Gasteiger partial charge in [0.05, 0.1) is 31.1 Å². The van der Waals surface area contributed by atoms with Crippen LogP contribution in [0.15, 0.2) is 39.9 Å². The number of rotatable bonds is 9. The molecule has 0 aliphatic heterocycles. The van der Waals surface area contributed by atoms with Crippen LogP contribution in [0.25, 0.3) is 17.0 Å². The van der Waals surface area contributed by atoms with Crippen molar-refractivity contribution < 1.29 is 27.2 Å². The largest absolute Gasteiger partial charge is 0.489 e. The van der Waals surface area contributed by atoms with Gasteiger partial charge in [0.25, 0.3) is 5.89 Å². The number of hydrogen-bond acceptors (Lipinski definition) is 9. The van der Waals surface area contributed by atoms with Gasteiger partial charge in [-0.05, 0) is 68.9 Å². The van der Waals surface area contributed by atoms with E-state index in [1.807, 2.05) is 19.9 Å². The molecule has 10 nitrogen and oxygen atoms in total. The topological polar surface area (TPSA) is 147 Å². The molecule has 0 fully saturated rings. The Morgan fingerprint density at radius 2 is 2.11 bits per heavy atom. The molecule has 1 atom stereocenters. The maximum atomic E-state index is 12.5. The molecule has 0 saturated heterocycles. The van der Waals surface area contributed by atoms with Crippen molar-refractivity contribution in [1.29, 1.82) is 0 Å². The minimum atomic E-state index is -3.63. The van der Waals surface area contributed by atoms with Crippen molar-refractivity contribution in [2.24, 2.45) is 0 Å². The number of nitrogens with one attached hydrogen (secondary N) is 1. The lowest BCUT2D eigenvalue weighted by Gasteiger charge is -2.20. The number of sulfonamides is 1. The van der Waals surface area contributed by atoms with Crippen LogP contribution in [-0.4, -0.2) is 49.5 Å². The van der Waals surface area contributed by atoms with E-state index >= 15 is 0 Å². The molecular formula is C24H30N4O6S. The van der Waals surface area contributed by atoms with Crippen LogP contribution < -0.4 is 15.2 Å². The highest BCUT2D eigenvalue weighted by Gasteiger charge is 2.33. The van der Waals surface area contributed by atoms with Crippen LogP contribution in [-0.2, 0) is 19.6 Å². The van der Waals surface area contributed by atoms with E-state index in [2.05, 4.69) is 25.7 Å². The number of methoxy groups -OCH3 is 1. The van der Waals surface area contributed by atoms with Gasteiger partial charge >= 0.3 is 5.97 Å². The van der Waals surface area contributed by atoms with Gasteiger partial charge in [-0.25, -0.2) is 13.1 Å². The summed E-state index contributed by atoms with van der Waals surface area (Å²) < 4.78 is 43.5. The number of esters is 1. The summed E-state index contributed by atoms with van der Waals surface area (Å²) in [4.78, 5) is 15.9. The normalized spacial score (nSPS) is 17.9. The molecule has 1 heterocycles. The molecule has 35 heavy (non-hydrogen) atoms. The van der Waals surface area contributed by atoms with Gasteiger partial charge in [0, 0.05) is 17.2 Å². The zero-order valence-electron chi connectivity index (χ0n) is 20.0. The van der Waals surface area contributed by atoms with Gasteiger partial charge in [-0.2, -0.15) is 4.98 Å². The maximum absolute atomic E-state index is 12.5. The SMILES string of the molecule is COC(=O)CCS(=O)(=O)N[C@H]1CCC2=C1CCC=C2c1noc(-c2ccc(OC(C)C)c(N)c2)n1. The van der Waals surface area contributed by atoms with E-state index in [9.17, 15) is 13.2 Å². The molecule has 4 rings (SSSR count). The third kappa shape index (κ3) is 5.73. The number of nitrogen functional groups attached to an aromatic ring is 1. The molecular weight excluding hydrogens is 472 g/mol. The minimum Gasteiger partial charge on any atom is -0.489 e. The number of anilines is 1. The second kappa shape index (κ2) is 10.2. The predicted octanol–water partition coefficient (Wildman–Crippen LogP) is 3.22. The Hall–Kier alpha value is -3.18. The van der Waals surface area contributed by atoms with Crippen LogP contribution in [0.1, 0.15) is 51.8 Å². The molecule has 0 unspecified atom stereocenters. The summed E-state index contributed by atoms with van der Waals surface area (Å²) in [5.41, 5.74) is 10.2. The van der Waals surface area contributed by atoms with Gasteiger partial charge < -0.3 is 19.7 Å². The van der Waals surface area contributed by atoms with Crippen molar-refractivity contribution in [1.82, 2.24) is 14.9 Å². The van der Waals surface area contributed by atoms with Crippen molar-refractivity contribution in [3.8, 4) is 17.2 Å². The van der Waals surface area contributed by atoms with Crippen molar-refractivity contribution in [3.63, 3.8) is 0 Å². The molecule has 0 saturated carbocycles. The zero-order valence-corrected chi connectivity index (χ0v) is 20.9. The number of nitrogens with two attached hydrogens (primary N) is 1. The quantitative estimate of drug-likeness (QED) is 0.389. The van der Waals surface area contributed by atoms with Crippen molar-refractivity contribution in [2.45, 2.75) is 58.1 Å². The van der Waals surface area contributed by atoms with Crippen LogP contribution in [0.5, 0.6) is 5.75 Å². The summed E-state index contributed by atoms with van der Waals surface area (Å²) in [6.45, 7) is 3.86. The second-order valence-corrected chi connectivity index (χ2v) is 10.7. The molecule has 2 aromatic rings. The molecule has 2 aliphatic carbocycles. The van der Waals surface area contributed by atoms with E-state index in [0.717, 1.165) is 29.6 Å². The molecule has 0 amide bonds. The minimum absolute atomic E-state index is 0.00595. The fraction of sp³-hybridized carbons (Fsp3) is 0.458. The Labute approximate surface area is 204 Å². The highest BCUT2D eigenvalue weighted by Crippen LogP contribution is 2.42. The van der Waals surface area contributed by atoms with E-state index < -0.39 is 16.0 Å². The molecule has 2 aliphatic rings. The summed E-state index contributed by atoms with van der Waals surface area (Å²) in [7, 11) is -2.39. The van der Waals surface area contributed by atoms with Gasteiger partial charge in [0.15, 0.2) is 0 Å². The Bertz CT molecular complexity index is 1280. The number of benzene rings is 1. The summed E-state index contributed by atoms with van der Waals surface area (Å²) in [6, 6.07) is 5.03. The third-order valence-electron chi connectivity index (χ3n) is 5.99. The Morgan fingerprint density at radius 1 is 1.31 bits per heavy atom. The first-order chi connectivity index (χ1) is 16.7. The van der Waals surface area contributed by atoms with E-state index in [1.54, 1.807) is 12.1 Å². The first kappa shape index (κ1) is 24.9. The third-order valence-corrected chi connectivity index (χ3v) is 7.37. The van der Waals surface area contributed by atoms with Gasteiger partial charge in [-0.15, -0.1) is 0 Å². The predicted molar refractivity (Wildman–Crippen MR) is 131 cm³/mol. The van der Waals surface area contributed by atoms with Crippen LogP contribution in [0, 0.1) is 0 Å². The number of carbonyl (C=O) groups is 1. The van der Waals surface area contributed by atoms with Gasteiger partial charge in [0.2, 0.25) is 15.8 Å². The highest BCUT2D eigenvalue weighted by molar-refractivity contribution is 7.89. The zero-order chi connectivity index (χ0) is 25.2. The molecule has 3 N–H and O–H groups in total. The first-order valence-corrected chi connectivity index (χ1v) is 13.2. The lowest BCUT2D eigenvalue weighted by atomic mass is 9.91. The second-order valence-electron chi connectivity index (χ2n) is 8.86. The molecule has 11 heteroatoms. The summed E-state index contributed by atoms with van der Waals surface area (Å²) >= 11 is 0. The Morgan fingerprint density at radius 3 is 2.83 bits per heavy atom. The Kier molecular flexibility index (Phi) is 7.27. The standard InChI is InChI=1S/C24H30N4O6S/c1-14(2)33-21-10-7-15(13-19(21)25)24-26-23(27-34-24)18-6-4-5-17-16(18)8-9-20(17)28-35(30,31)12-11-22(29)32-3/h6-7,10,13-14,20,28H,4-5,8-9,11-12,25H2,1-3H3/t20-/m0/s1. The average Bonchev–Trinajstić information content (AvgIpc) is 3.46. The summed E-state index contributed by atoms with van der Waals surface area (Å²) in [5, 5.41) is 4.18. The van der Waals surface area contributed by atoms with Gasteiger partial charge in [-0.1, -0.05) is 11.2 Å². The lowest BCUT2D eigenvalue weighted by Crippen LogP contribution is -2.37. The van der Waals surface area contributed by atoms with Crippen molar-refractivity contribution in [2.75, 3.05) is 18.6 Å². The number of carbonyl (C=O) groups excluding carboxylic acids is 1. The van der Waals surface area contributed by atoms with Gasteiger partial charge in [-0.3, -0.25) is 4.79 Å². The number of aromatic nitrogens is 2. The van der Waals surface area contributed by atoms with Crippen LogP contribution in [0.2, 0.25) is 0 Å². The summed E-state index contributed by atoms with van der Waals surface area (Å²) in [6.07, 6.45) is 4.72. The molecule has 1 aromatic heterocycles. The smallest absolute Gasteiger partial charge is 0.306 e. The van der Waals surface area contributed by atoms with Crippen molar-refractivity contribution in [3.05, 3.63) is 41.2 Å². The Balaban J connectivity index is 1.51. The highest BCUT2D eigenvalue weighted by atomic mass is 32.2. The fourth-order valence-corrected chi connectivity index (χ4v) is 5.65. The van der Waals surface area contributed by atoms with Crippen LogP contribution in [0.3, 0.4) is 0 Å². The number of hydrogen-bond donors (Lipinski definition) is 2. The molecule has 0 bridgehead atoms. The van der Waals surface area contributed by atoms with Crippen LogP contribution >= 0.6 is 0 Å². The molecule has 0 spiro atoms. The van der Waals surface area contributed by atoms with E-state index in [1.165, 1.54) is 7.11 Å². The van der Waals surface area contributed by atoms with E-state index in [0.29, 0.717) is 41.6 Å². The average molecular weight is 503 g/mol. The number of allylic oxidation sites excluding steroid dienone is 3. The molecule has 0 radical (unpaired) electrons. The van der Waals surface area contributed by atoms with E-state index in [4.69, 9.17) is 15.0 Å². The molecule has 188 valence electrons. The summed E-state index contributed by atoms with van der Waals surface area (Å²) in [5.74, 6) is 0.539. The van der Waals surface area contributed by atoms with Crippen molar-refractivity contribution >= 4 is 27.3 Å². The maximum Gasteiger partial charge on any atom is 0.306 e. The molecule has 1 aromatic carbocycles. The number of nitrogens with zero attached hydrogens (tertiary/aromatic N) is 2. The van der Waals surface area contributed by atoms with Crippen LogP contribution in [0.4, 0.5) is 5.69 Å². The monoisotopic (exact) mass is 502 g/mol. The lowest BCUT2D eigenvalue weighted by molar-refractivity contribution is -0.140.